The molecule has 0 saturated heterocycles. The van der Waals surface area contributed by atoms with Crippen molar-refractivity contribution >= 4 is 16.9 Å². The first-order valence-corrected chi connectivity index (χ1v) is 8.95. The Hall–Kier alpha value is -3.54. The Kier molecular flexibility index (Phi) is 6.11. The topological polar surface area (TPSA) is 86.0 Å². The highest BCUT2D eigenvalue weighted by Gasteiger charge is 2.22. The molecule has 144 valence electrons. The molecule has 0 radical (unpaired) electrons. The molecule has 0 aliphatic rings. The third-order valence-electron chi connectivity index (χ3n) is 3.97. The number of carbonyl (C=O) groups is 1. The Balaban J connectivity index is 1.99. The van der Waals surface area contributed by atoms with Gasteiger partial charge in [-0.05, 0) is 37.1 Å². The van der Waals surface area contributed by atoms with Crippen LogP contribution in [0.3, 0.4) is 0 Å². The standard InChI is InChI=1S/C22H20O6/c1-2-3-4-8-14-26-16-12-9-13-17-18(16)20(19(23)22(25)27-17)28-21(24)15-10-6-5-7-11-15/h3-7,9-13,23H,2,8,14H2,1H3/b4-3+. The van der Waals surface area contributed by atoms with E-state index in [4.69, 9.17) is 13.9 Å². The van der Waals surface area contributed by atoms with Crippen LogP contribution in [0.25, 0.3) is 11.0 Å². The number of ether oxygens (including phenoxy) is 2. The van der Waals surface area contributed by atoms with Gasteiger partial charge in [0.15, 0.2) is 5.75 Å². The number of carbonyl (C=O) groups excluding carboxylic acids is 1. The van der Waals surface area contributed by atoms with E-state index in [1.54, 1.807) is 48.5 Å². The van der Waals surface area contributed by atoms with E-state index < -0.39 is 17.3 Å². The van der Waals surface area contributed by atoms with Crippen LogP contribution in [0.2, 0.25) is 0 Å². The number of esters is 1. The predicted molar refractivity (Wildman–Crippen MR) is 105 cm³/mol. The molecule has 3 rings (SSSR count). The second-order valence-electron chi connectivity index (χ2n) is 5.97. The van der Waals surface area contributed by atoms with Crippen LogP contribution in [0, 0.1) is 0 Å². The van der Waals surface area contributed by atoms with E-state index in [1.807, 2.05) is 19.1 Å². The molecule has 0 bridgehead atoms. The summed E-state index contributed by atoms with van der Waals surface area (Å²) >= 11 is 0. The highest BCUT2D eigenvalue weighted by molar-refractivity contribution is 5.97. The van der Waals surface area contributed by atoms with Gasteiger partial charge < -0.3 is 19.0 Å². The number of aromatic hydroxyl groups is 1. The van der Waals surface area contributed by atoms with E-state index in [2.05, 4.69) is 0 Å². The third-order valence-corrected chi connectivity index (χ3v) is 3.97. The number of benzene rings is 2. The molecule has 0 amide bonds. The van der Waals surface area contributed by atoms with Gasteiger partial charge in [0.2, 0.25) is 5.75 Å². The summed E-state index contributed by atoms with van der Waals surface area (Å²) in [5.74, 6) is -1.42. The molecule has 6 nitrogen and oxygen atoms in total. The first-order chi connectivity index (χ1) is 13.6. The van der Waals surface area contributed by atoms with Crippen LogP contribution in [0.1, 0.15) is 30.1 Å². The fourth-order valence-corrected chi connectivity index (χ4v) is 2.65. The number of hydrogen-bond acceptors (Lipinski definition) is 6. The zero-order valence-corrected chi connectivity index (χ0v) is 15.4. The average Bonchev–Trinajstić information content (AvgIpc) is 2.71. The van der Waals surface area contributed by atoms with E-state index in [1.165, 1.54) is 0 Å². The first kappa shape index (κ1) is 19.2. The van der Waals surface area contributed by atoms with Gasteiger partial charge in [-0.1, -0.05) is 43.3 Å². The van der Waals surface area contributed by atoms with Gasteiger partial charge in [-0.3, -0.25) is 0 Å². The maximum absolute atomic E-state index is 12.4. The predicted octanol–water partition coefficient (Wildman–Crippen LogP) is 4.45. The summed E-state index contributed by atoms with van der Waals surface area (Å²) < 4.78 is 16.3. The van der Waals surface area contributed by atoms with Gasteiger partial charge in [0.1, 0.15) is 16.7 Å². The van der Waals surface area contributed by atoms with E-state index in [-0.39, 0.29) is 22.3 Å². The zero-order valence-electron chi connectivity index (χ0n) is 15.4. The van der Waals surface area contributed by atoms with Crippen molar-refractivity contribution in [1.82, 2.24) is 0 Å². The van der Waals surface area contributed by atoms with E-state index >= 15 is 0 Å². The smallest absolute Gasteiger partial charge is 0.382 e. The minimum absolute atomic E-state index is 0.153. The Bertz CT molecular complexity index is 1050. The molecule has 0 atom stereocenters. The molecule has 3 aromatic rings. The highest BCUT2D eigenvalue weighted by atomic mass is 16.5. The SMILES string of the molecule is CC/C=C/CCOc1cccc2oc(=O)c(O)c(OC(=O)c3ccccc3)c12. The fraction of sp³-hybridized carbons (Fsp3) is 0.182. The van der Waals surface area contributed by atoms with Gasteiger partial charge in [-0.25, -0.2) is 9.59 Å². The summed E-state index contributed by atoms with van der Waals surface area (Å²) in [6, 6.07) is 13.1. The van der Waals surface area contributed by atoms with Crippen molar-refractivity contribution in [2.75, 3.05) is 6.61 Å². The van der Waals surface area contributed by atoms with Crippen molar-refractivity contribution < 1.29 is 23.8 Å². The lowest BCUT2D eigenvalue weighted by Crippen LogP contribution is -2.11. The molecule has 0 aliphatic carbocycles. The lowest BCUT2D eigenvalue weighted by Gasteiger charge is -2.12. The maximum atomic E-state index is 12.4. The van der Waals surface area contributed by atoms with Gasteiger partial charge in [0.05, 0.1) is 12.2 Å². The molecule has 0 aliphatic heterocycles. The summed E-state index contributed by atoms with van der Waals surface area (Å²) in [6.45, 7) is 2.42. The van der Waals surface area contributed by atoms with E-state index in [9.17, 15) is 14.7 Å². The van der Waals surface area contributed by atoms with Crippen molar-refractivity contribution in [3.63, 3.8) is 0 Å². The van der Waals surface area contributed by atoms with E-state index in [0.717, 1.165) is 6.42 Å². The fourth-order valence-electron chi connectivity index (χ4n) is 2.65. The third kappa shape index (κ3) is 4.23. The molecule has 1 N–H and O–H groups in total. The van der Waals surface area contributed by atoms with Crippen molar-refractivity contribution in [3.8, 4) is 17.2 Å². The molecule has 2 aromatic carbocycles. The summed E-state index contributed by atoms with van der Waals surface area (Å²) in [6.07, 6.45) is 5.66. The second-order valence-corrected chi connectivity index (χ2v) is 5.97. The quantitative estimate of drug-likeness (QED) is 0.282. The lowest BCUT2D eigenvalue weighted by molar-refractivity contribution is 0.0731. The highest BCUT2D eigenvalue weighted by Crippen LogP contribution is 2.38. The largest absolute Gasteiger partial charge is 0.499 e. The van der Waals surface area contributed by atoms with Crippen LogP contribution in [0.15, 0.2) is 69.9 Å². The van der Waals surface area contributed by atoms with Gasteiger partial charge in [-0.15, -0.1) is 0 Å². The lowest BCUT2D eigenvalue weighted by atomic mass is 10.2. The van der Waals surface area contributed by atoms with Crippen molar-refractivity contribution in [2.24, 2.45) is 0 Å². The van der Waals surface area contributed by atoms with Crippen LogP contribution in [-0.4, -0.2) is 17.7 Å². The Labute approximate surface area is 161 Å². The molecular formula is C22H20O6. The molecule has 0 spiro atoms. The molecule has 0 fully saturated rings. The van der Waals surface area contributed by atoms with Crippen LogP contribution < -0.4 is 15.1 Å². The Morgan fingerprint density at radius 2 is 1.89 bits per heavy atom. The maximum Gasteiger partial charge on any atom is 0.382 e. The summed E-state index contributed by atoms with van der Waals surface area (Å²) in [7, 11) is 0. The summed E-state index contributed by atoms with van der Waals surface area (Å²) in [5.41, 5.74) is -0.557. The molecule has 1 aromatic heterocycles. The average molecular weight is 380 g/mol. The second kappa shape index (κ2) is 8.90. The van der Waals surface area contributed by atoms with Gasteiger partial charge in [0, 0.05) is 0 Å². The monoisotopic (exact) mass is 380 g/mol. The number of hydrogen-bond donors (Lipinski definition) is 1. The molecule has 28 heavy (non-hydrogen) atoms. The minimum Gasteiger partial charge on any atom is -0.499 e. The molecule has 1 heterocycles. The van der Waals surface area contributed by atoms with Crippen molar-refractivity contribution in [3.05, 3.63) is 76.7 Å². The Morgan fingerprint density at radius 1 is 1.11 bits per heavy atom. The van der Waals surface area contributed by atoms with Gasteiger partial charge in [0.25, 0.3) is 0 Å². The van der Waals surface area contributed by atoms with Gasteiger partial charge in [-0.2, -0.15) is 0 Å². The molecule has 6 heteroatoms. The number of allylic oxidation sites excluding steroid dienone is 1. The summed E-state index contributed by atoms with van der Waals surface area (Å²) in [5, 5.41) is 10.4. The summed E-state index contributed by atoms with van der Waals surface area (Å²) in [4.78, 5) is 24.4. The first-order valence-electron chi connectivity index (χ1n) is 8.95. The van der Waals surface area contributed by atoms with Crippen LogP contribution >= 0.6 is 0 Å². The van der Waals surface area contributed by atoms with Crippen LogP contribution in [-0.2, 0) is 0 Å². The van der Waals surface area contributed by atoms with Gasteiger partial charge >= 0.3 is 11.6 Å². The van der Waals surface area contributed by atoms with Crippen molar-refractivity contribution in [1.29, 1.82) is 0 Å². The molecule has 0 saturated carbocycles. The van der Waals surface area contributed by atoms with Crippen LogP contribution in [0.5, 0.6) is 17.2 Å². The molecular weight excluding hydrogens is 360 g/mol. The zero-order chi connectivity index (χ0) is 19.9. The number of rotatable bonds is 7. The van der Waals surface area contributed by atoms with Crippen LogP contribution in [0.4, 0.5) is 0 Å². The molecule has 0 unspecified atom stereocenters. The number of fused-ring (bicyclic) bond motifs is 1. The normalized spacial score (nSPS) is 11.0. The van der Waals surface area contributed by atoms with Crippen molar-refractivity contribution in [2.45, 2.75) is 19.8 Å². The van der Waals surface area contributed by atoms with E-state index in [0.29, 0.717) is 18.8 Å². The minimum atomic E-state index is -0.994. The Morgan fingerprint density at radius 3 is 2.64 bits per heavy atom.